The van der Waals surface area contributed by atoms with Crippen molar-refractivity contribution in [3.63, 3.8) is 0 Å². The van der Waals surface area contributed by atoms with E-state index in [1.54, 1.807) is 0 Å². The van der Waals surface area contributed by atoms with Crippen LogP contribution in [0.4, 0.5) is 17.1 Å². The zero-order chi connectivity index (χ0) is 35.6. The predicted molar refractivity (Wildman–Crippen MR) is 221 cm³/mol. The molecular formula is C50H31NO3. The molecule has 0 spiro atoms. The lowest BCUT2D eigenvalue weighted by Gasteiger charge is -2.27. The van der Waals surface area contributed by atoms with E-state index in [0.29, 0.717) is 11.5 Å². The van der Waals surface area contributed by atoms with E-state index in [0.717, 1.165) is 83.2 Å². The van der Waals surface area contributed by atoms with Gasteiger partial charge in [-0.05, 0) is 93.7 Å². The third kappa shape index (κ3) is 4.92. The molecule has 11 rings (SSSR count). The highest BCUT2D eigenvalue weighted by Gasteiger charge is 2.22. The quantitative estimate of drug-likeness (QED) is 0.180. The Morgan fingerprint density at radius 1 is 0.352 bits per heavy atom. The van der Waals surface area contributed by atoms with E-state index in [2.05, 4.69) is 144 Å². The highest BCUT2D eigenvalue weighted by atomic mass is 16.5. The van der Waals surface area contributed by atoms with Crippen LogP contribution in [0.15, 0.2) is 192 Å². The van der Waals surface area contributed by atoms with Gasteiger partial charge in [0.25, 0.3) is 0 Å². The molecule has 0 N–H and O–H groups in total. The van der Waals surface area contributed by atoms with Crippen molar-refractivity contribution in [2.24, 2.45) is 0 Å². The molecule has 0 amide bonds. The molecule has 54 heavy (non-hydrogen) atoms. The van der Waals surface area contributed by atoms with Crippen LogP contribution in [0.3, 0.4) is 0 Å². The highest BCUT2D eigenvalue weighted by molar-refractivity contribution is 6.09. The van der Waals surface area contributed by atoms with Gasteiger partial charge >= 0.3 is 0 Å². The first kappa shape index (κ1) is 30.3. The molecule has 4 nitrogen and oxygen atoms in total. The zero-order valence-electron chi connectivity index (χ0n) is 29.1. The van der Waals surface area contributed by atoms with Crippen LogP contribution in [0.5, 0.6) is 23.0 Å². The Kier molecular flexibility index (Phi) is 6.82. The second-order valence-electron chi connectivity index (χ2n) is 13.7. The second kappa shape index (κ2) is 12.1. The fraction of sp³-hybridized carbons (Fsp3) is 0. The largest absolute Gasteiger partial charge is 0.456 e. The first-order chi connectivity index (χ1) is 26.7. The average molecular weight is 694 g/mol. The highest BCUT2D eigenvalue weighted by Crippen LogP contribution is 2.48. The number of rotatable bonds is 5. The lowest BCUT2D eigenvalue weighted by atomic mass is 9.96. The Morgan fingerprint density at radius 2 is 1.00 bits per heavy atom. The van der Waals surface area contributed by atoms with E-state index in [9.17, 15) is 0 Å². The molecule has 0 saturated carbocycles. The minimum absolute atomic E-state index is 0.684. The number of hydrogen-bond donors (Lipinski definition) is 0. The van der Waals surface area contributed by atoms with Gasteiger partial charge in [0.1, 0.15) is 22.7 Å². The zero-order valence-corrected chi connectivity index (χ0v) is 29.1. The Hall–Kier alpha value is -7.30. The molecule has 9 aromatic carbocycles. The summed E-state index contributed by atoms with van der Waals surface area (Å²) in [5, 5.41) is 6.52. The van der Waals surface area contributed by atoms with E-state index in [4.69, 9.17) is 13.9 Å². The summed E-state index contributed by atoms with van der Waals surface area (Å²) in [4.78, 5) is 2.33. The molecule has 0 saturated heterocycles. The van der Waals surface area contributed by atoms with Gasteiger partial charge in [-0.15, -0.1) is 0 Å². The monoisotopic (exact) mass is 693 g/mol. The topological polar surface area (TPSA) is 34.8 Å². The van der Waals surface area contributed by atoms with E-state index >= 15 is 0 Å². The van der Waals surface area contributed by atoms with Crippen molar-refractivity contribution in [1.29, 1.82) is 0 Å². The summed E-state index contributed by atoms with van der Waals surface area (Å²) in [5.74, 6) is 2.95. The van der Waals surface area contributed by atoms with Crippen LogP contribution >= 0.6 is 0 Å². The van der Waals surface area contributed by atoms with Gasteiger partial charge in [-0.25, -0.2) is 0 Å². The predicted octanol–water partition coefficient (Wildman–Crippen LogP) is 14.6. The van der Waals surface area contributed by atoms with Crippen LogP contribution < -0.4 is 14.4 Å². The Labute approximate surface area is 311 Å². The molecule has 0 fully saturated rings. The maximum Gasteiger partial charge on any atom is 0.170 e. The number of anilines is 3. The maximum absolute atomic E-state index is 6.58. The lowest BCUT2D eigenvalue weighted by molar-refractivity contribution is 0.439. The summed E-state index contributed by atoms with van der Waals surface area (Å²) in [6.07, 6.45) is 0. The van der Waals surface area contributed by atoms with Gasteiger partial charge in [0.15, 0.2) is 11.5 Å². The Bertz CT molecular complexity index is 3050. The van der Waals surface area contributed by atoms with Crippen LogP contribution in [-0.2, 0) is 0 Å². The molecule has 10 aromatic rings. The van der Waals surface area contributed by atoms with E-state index in [1.165, 1.54) is 11.1 Å². The summed E-state index contributed by atoms with van der Waals surface area (Å²) in [7, 11) is 0. The Balaban J connectivity index is 1.06. The summed E-state index contributed by atoms with van der Waals surface area (Å²) in [6, 6.07) is 65.6. The van der Waals surface area contributed by atoms with Crippen molar-refractivity contribution in [1.82, 2.24) is 0 Å². The number of para-hydroxylation sites is 1. The van der Waals surface area contributed by atoms with Gasteiger partial charge in [-0.1, -0.05) is 121 Å². The maximum atomic E-state index is 6.58. The van der Waals surface area contributed by atoms with Crippen molar-refractivity contribution < 1.29 is 13.9 Å². The summed E-state index contributed by atoms with van der Waals surface area (Å²) < 4.78 is 19.4. The van der Waals surface area contributed by atoms with Crippen LogP contribution in [-0.4, -0.2) is 0 Å². The number of furan rings is 1. The van der Waals surface area contributed by atoms with E-state index in [1.807, 2.05) is 48.5 Å². The van der Waals surface area contributed by atoms with Crippen molar-refractivity contribution >= 4 is 60.5 Å². The van der Waals surface area contributed by atoms with Crippen molar-refractivity contribution in [3.05, 3.63) is 188 Å². The summed E-state index contributed by atoms with van der Waals surface area (Å²) in [6.45, 7) is 0. The first-order valence-electron chi connectivity index (χ1n) is 18.2. The molecule has 1 aliphatic heterocycles. The molecule has 0 unspecified atom stereocenters. The third-order valence-electron chi connectivity index (χ3n) is 10.5. The second-order valence-corrected chi connectivity index (χ2v) is 13.7. The summed E-state index contributed by atoms with van der Waals surface area (Å²) in [5.41, 5.74) is 9.36. The van der Waals surface area contributed by atoms with E-state index < -0.39 is 0 Å². The lowest BCUT2D eigenvalue weighted by Crippen LogP contribution is -2.10. The fourth-order valence-electron chi connectivity index (χ4n) is 7.96. The third-order valence-corrected chi connectivity index (χ3v) is 10.5. The number of benzene rings is 9. The first-order valence-corrected chi connectivity index (χ1v) is 18.2. The molecule has 1 aromatic heterocycles. The van der Waals surface area contributed by atoms with Crippen LogP contribution in [0.2, 0.25) is 0 Å². The molecule has 4 heteroatoms. The van der Waals surface area contributed by atoms with Gasteiger partial charge in [-0.2, -0.15) is 0 Å². The van der Waals surface area contributed by atoms with Crippen molar-refractivity contribution in [3.8, 4) is 45.3 Å². The van der Waals surface area contributed by atoms with Crippen LogP contribution in [0, 0.1) is 0 Å². The van der Waals surface area contributed by atoms with Gasteiger partial charge in [0.05, 0.1) is 11.1 Å². The van der Waals surface area contributed by atoms with Gasteiger partial charge < -0.3 is 18.8 Å². The number of fused-ring (bicyclic) bond motifs is 5. The standard InChI is InChI=1S/C50H31NO3/c1-2-10-32(11-3-1)33-20-23-36(24-21-33)51(37-25-26-42-41-16-6-7-17-44(41)52-48(42)31-37)43-28-27-38(39-14-4-5-15-40(39)43)35-22-29-45-49(30-35)54-47-19-9-13-34-12-8-18-46(53-45)50(34)47/h1-31H. The van der Waals surface area contributed by atoms with Gasteiger partial charge in [0.2, 0.25) is 0 Å². The molecular weight excluding hydrogens is 663 g/mol. The smallest absolute Gasteiger partial charge is 0.170 e. The number of hydrogen-bond acceptors (Lipinski definition) is 4. The molecule has 2 heterocycles. The molecule has 0 aliphatic carbocycles. The minimum atomic E-state index is 0.684. The minimum Gasteiger partial charge on any atom is -0.456 e. The molecule has 254 valence electrons. The van der Waals surface area contributed by atoms with Crippen LogP contribution in [0.1, 0.15) is 0 Å². The average Bonchev–Trinajstić information content (AvgIpc) is 3.51. The molecule has 0 bridgehead atoms. The molecule has 1 aliphatic rings. The molecule has 0 atom stereocenters. The van der Waals surface area contributed by atoms with Gasteiger partial charge in [0, 0.05) is 33.6 Å². The number of ether oxygens (including phenoxy) is 2. The SMILES string of the molecule is c1ccc(-c2ccc(N(c3ccc4c(c3)oc3ccccc34)c3ccc(-c4ccc5c(c4)Oc4cccc6cccc(c46)O5)c4ccccc34)cc2)cc1. The Morgan fingerprint density at radius 3 is 1.81 bits per heavy atom. The number of nitrogens with zero attached hydrogens (tertiary/aromatic N) is 1. The normalized spacial score (nSPS) is 12.0. The van der Waals surface area contributed by atoms with Crippen LogP contribution in [0.25, 0.3) is 65.7 Å². The van der Waals surface area contributed by atoms with Crippen molar-refractivity contribution in [2.45, 2.75) is 0 Å². The van der Waals surface area contributed by atoms with Crippen molar-refractivity contribution in [2.75, 3.05) is 4.90 Å². The van der Waals surface area contributed by atoms with E-state index in [-0.39, 0.29) is 0 Å². The van der Waals surface area contributed by atoms with Gasteiger partial charge in [-0.3, -0.25) is 0 Å². The summed E-state index contributed by atoms with van der Waals surface area (Å²) >= 11 is 0. The fourth-order valence-corrected chi connectivity index (χ4v) is 7.96. The molecule has 0 radical (unpaired) electrons.